The molecule has 1 aliphatic rings. The number of rotatable bonds is 7. The van der Waals surface area contributed by atoms with Gasteiger partial charge in [0.25, 0.3) is 0 Å². The Bertz CT molecular complexity index is 344. The predicted molar refractivity (Wildman–Crippen MR) is 62.1 cm³/mol. The molecular weight excluding hydrogens is 240 g/mol. The molecule has 0 aromatic rings. The SMILES string of the molecule is CCCC1CC1NC(=O)N[C@@H](CC(=O)O)C(=O)O. The van der Waals surface area contributed by atoms with Gasteiger partial charge in [-0.05, 0) is 18.8 Å². The second kappa shape index (κ2) is 6.23. The van der Waals surface area contributed by atoms with Gasteiger partial charge >= 0.3 is 18.0 Å². The average Bonchev–Trinajstić information content (AvgIpc) is 2.95. The van der Waals surface area contributed by atoms with Crippen LogP contribution in [0.25, 0.3) is 0 Å². The van der Waals surface area contributed by atoms with E-state index >= 15 is 0 Å². The van der Waals surface area contributed by atoms with Crippen LogP contribution >= 0.6 is 0 Å². The lowest BCUT2D eigenvalue weighted by atomic mass is 10.2. The number of carboxylic acids is 2. The first-order valence-electron chi connectivity index (χ1n) is 5.95. The summed E-state index contributed by atoms with van der Waals surface area (Å²) < 4.78 is 0. The molecule has 1 fully saturated rings. The molecule has 0 bridgehead atoms. The van der Waals surface area contributed by atoms with Crippen LogP contribution < -0.4 is 10.6 Å². The second-order valence-corrected chi connectivity index (χ2v) is 4.50. The summed E-state index contributed by atoms with van der Waals surface area (Å²) in [6, 6.07) is -1.93. The topological polar surface area (TPSA) is 116 Å². The van der Waals surface area contributed by atoms with E-state index < -0.39 is 30.4 Å². The molecule has 4 N–H and O–H groups in total. The van der Waals surface area contributed by atoms with E-state index in [1.54, 1.807) is 0 Å². The van der Waals surface area contributed by atoms with E-state index in [0.29, 0.717) is 5.92 Å². The minimum atomic E-state index is -1.40. The molecule has 0 aromatic carbocycles. The highest BCUT2D eigenvalue weighted by Gasteiger charge is 2.37. The van der Waals surface area contributed by atoms with Crippen molar-refractivity contribution in [1.29, 1.82) is 0 Å². The van der Waals surface area contributed by atoms with Crippen molar-refractivity contribution in [3.8, 4) is 0 Å². The van der Waals surface area contributed by atoms with Gasteiger partial charge < -0.3 is 20.8 Å². The van der Waals surface area contributed by atoms with Crippen molar-refractivity contribution in [2.24, 2.45) is 5.92 Å². The van der Waals surface area contributed by atoms with E-state index in [1.807, 2.05) is 0 Å². The van der Waals surface area contributed by atoms with Crippen LogP contribution in [0, 0.1) is 5.92 Å². The molecule has 1 aliphatic carbocycles. The molecule has 1 saturated carbocycles. The van der Waals surface area contributed by atoms with Crippen LogP contribution in [-0.4, -0.2) is 40.3 Å². The highest BCUT2D eigenvalue weighted by molar-refractivity contribution is 5.86. The van der Waals surface area contributed by atoms with Gasteiger partial charge in [0, 0.05) is 6.04 Å². The normalized spacial score (nSPS) is 22.9. The average molecular weight is 258 g/mol. The third kappa shape index (κ3) is 4.60. The summed E-state index contributed by atoms with van der Waals surface area (Å²) in [5.41, 5.74) is 0. The molecule has 3 atom stereocenters. The summed E-state index contributed by atoms with van der Waals surface area (Å²) in [5.74, 6) is -2.16. The second-order valence-electron chi connectivity index (χ2n) is 4.50. The first-order valence-corrected chi connectivity index (χ1v) is 5.95. The molecule has 0 aromatic heterocycles. The highest BCUT2D eigenvalue weighted by atomic mass is 16.4. The molecule has 7 nitrogen and oxygen atoms in total. The molecular formula is C11H18N2O5. The Hall–Kier alpha value is -1.79. The Kier molecular flexibility index (Phi) is 4.94. The van der Waals surface area contributed by atoms with Crippen molar-refractivity contribution >= 4 is 18.0 Å². The Morgan fingerprint density at radius 1 is 1.33 bits per heavy atom. The Morgan fingerprint density at radius 3 is 2.50 bits per heavy atom. The van der Waals surface area contributed by atoms with E-state index in [2.05, 4.69) is 17.6 Å². The van der Waals surface area contributed by atoms with E-state index in [9.17, 15) is 14.4 Å². The van der Waals surface area contributed by atoms with Crippen molar-refractivity contribution in [2.75, 3.05) is 0 Å². The third-order valence-corrected chi connectivity index (χ3v) is 2.88. The fourth-order valence-corrected chi connectivity index (χ4v) is 1.86. The number of hydrogen-bond donors (Lipinski definition) is 4. The number of carboxylic acid groups (broad SMARTS) is 2. The van der Waals surface area contributed by atoms with Crippen LogP contribution in [-0.2, 0) is 9.59 Å². The van der Waals surface area contributed by atoms with Crippen LogP contribution in [0.3, 0.4) is 0 Å². The van der Waals surface area contributed by atoms with Gasteiger partial charge in [-0.1, -0.05) is 13.3 Å². The lowest BCUT2D eigenvalue weighted by molar-refractivity contribution is -0.145. The van der Waals surface area contributed by atoms with Crippen LogP contribution in [0.1, 0.15) is 32.6 Å². The summed E-state index contributed by atoms with van der Waals surface area (Å²) >= 11 is 0. The maximum Gasteiger partial charge on any atom is 0.326 e. The highest BCUT2D eigenvalue weighted by Crippen LogP contribution is 2.34. The van der Waals surface area contributed by atoms with Crippen LogP contribution in [0.5, 0.6) is 0 Å². The van der Waals surface area contributed by atoms with E-state index in [0.717, 1.165) is 19.3 Å². The van der Waals surface area contributed by atoms with Gasteiger partial charge in [0.2, 0.25) is 0 Å². The minimum Gasteiger partial charge on any atom is -0.481 e. The number of carbonyl (C=O) groups excluding carboxylic acids is 1. The van der Waals surface area contributed by atoms with Gasteiger partial charge in [0.05, 0.1) is 6.42 Å². The van der Waals surface area contributed by atoms with Crippen LogP contribution in [0.2, 0.25) is 0 Å². The summed E-state index contributed by atoms with van der Waals surface area (Å²) in [7, 11) is 0. The number of amides is 2. The smallest absolute Gasteiger partial charge is 0.326 e. The van der Waals surface area contributed by atoms with Crippen LogP contribution in [0.15, 0.2) is 0 Å². The Morgan fingerprint density at radius 2 is 2.00 bits per heavy atom. The van der Waals surface area contributed by atoms with Gasteiger partial charge in [0.15, 0.2) is 0 Å². The molecule has 2 amide bonds. The molecule has 0 heterocycles. The fourth-order valence-electron chi connectivity index (χ4n) is 1.86. The molecule has 0 radical (unpaired) electrons. The van der Waals surface area contributed by atoms with Crippen molar-refractivity contribution in [3.63, 3.8) is 0 Å². The van der Waals surface area contributed by atoms with E-state index in [-0.39, 0.29) is 6.04 Å². The van der Waals surface area contributed by atoms with Crippen molar-refractivity contribution in [2.45, 2.75) is 44.7 Å². The van der Waals surface area contributed by atoms with Crippen molar-refractivity contribution < 1.29 is 24.6 Å². The molecule has 1 rings (SSSR count). The van der Waals surface area contributed by atoms with Gasteiger partial charge in [-0.2, -0.15) is 0 Å². The lowest BCUT2D eigenvalue weighted by Gasteiger charge is -2.13. The van der Waals surface area contributed by atoms with Gasteiger partial charge in [-0.15, -0.1) is 0 Å². The van der Waals surface area contributed by atoms with E-state index in [1.165, 1.54) is 0 Å². The van der Waals surface area contributed by atoms with Crippen molar-refractivity contribution in [3.05, 3.63) is 0 Å². The minimum absolute atomic E-state index is 0.0872. The zero-order chi connectivity index (χ0) is 13.7. The summed E-state index contributed by atoms with van der Waals surface area (Å²) in [6.07, 6.45) is 2.34. The number of aliphatic carboxylic acids is 2. The summed E-state index contributed by atoms with van der Waals surface area (Å²) in [5, 5.41) is 22.1. The Balaban J connectivity index is 2.33. The van der Waals surface area contributed by atoms with Gasteiger partial charge in [-0.3, -0.25) is 4.79 Å². The zero-order valence-electron chi connectivity index (χ0n) is 10.2. The number of nitrogens with one attached hydrogen (secondary N) is 2. The largest absolute Gasteiger partial charge is 0.481 e. The molecule has 7 heteroatoms. The van der Waals surface area contributed by atoms with Crippen LogP contribution in [0.4, 0.5) is 4.79 Å². The molecule has 0 aliphatic heterocycles. The summed E-state index contributed by atoms with van der Waals surface area (Å²) in [6.45, 7) is 2.06. The van der Waals surface area contributed by atoms with Crippen molar-refractivity contribution in [1.82, 2.24) is 10.6 Å². The maximum atomic E-state index is 11.5. The number of urea groups is 1. The fraction of sp³-hybridized carbons (Fsp3) is 0.727. The maximum absolute atomic E-state index is 11.5. The molecule has 0 spiro atoms. The molecule has 18 heavy (non-hydrogen) atoms. The molecule has 102 valence electrons. The molecule has 0 saturated heterocycles. The molecule has 2 unspecified atom stereocenters. The van der Waals surface area contributed by atoms with Gasteiger partial charge in [-0.25, -0.2) is 9.59 Å². The lowest BCUT2D eigenvalue weighted by Crippen LogP contribution is -2.47. The quantitative estimate of drug-likeness (QED) is 0.527. The Labute approximate surface area is 105 Å². The summed E-state index contributed by atoms with van der Waals surface area (Å²) in [4.78, 5) is 32.6. The first kappa shape index (κ1) is 14.3. The number of carbonyl (C=O) groups is 3. The standard InChI is InChI=1S/C11H18N2O5/c1-2-3-6-4-7(6)12-11(18)13-8(10(16)17)5-9(14)15/h6-8H,2-5H2,1H3,(H,14,15)(H,16,17)(H2,12,13,18)/t6?,7?,8-/m0/s1. The monoisotopic (exact) mass is 258 g/mol. The number of hydrogen-bond acceptors (Lipinski definition) is 3. The zero-order valence-corrected chi connectivity index (χ0v) is 10.2. The van der Waals surface area contributed by atoms with Gasteiger partial charge in [0.1, 0.15) is 6.04 Å². The predicted octanol–water partition coefficient (Wildman–Crippen LogP) is 0.402. The third-order valence-electron chi connectivity index (χ3n) is 2.88. The first-order chi connectivity index (χ1) is 8.43. The van der Waals surface area contributed by atoms with E-state index in [4.69, 9.17) is 10.2 Å².